The molecule has 122 valence electrons. The van der Waals surface area contributed by atoms with Crippen molar-refractivity contribution in [3.05, 3.63) is 0 Å². The Kier molecular flexibility index (Phi) is 8.29. The van der Waals surface area contributed by atoms with E-state index in [-0.39, 0.29) is 5.54 Å². The van der Waals surface area contributed by atoms with E-state index in [0.29, 0.717) is 6.04 Å². The van der Waals surface area contributed by atoms with Crippen LogP contribution in [0.5, 0.6) is 0 Å². The fourth-order valence-electron chi connectivity index (χ4n) is 3.60. The zero-order chi connectivity index (χ0) is 15.7. The van der Waals surface area contributed by atoms with Gasteiger partial charge in [-0.1, -0.05) is 19.8 Å². The largest absolute Gasteiger partial charge is 0.303 e. The summed E-state index contributed by atoms with van der Waals surface area (Å²) in [5.74, 6) is 0.951. The van der Waals surface area contributed by atoms with E-state index >= 15 is 0 Å². The maximum Gasteiger partial charge on any atom is 0.104 e. The third-order valence-corrected chi connectivity index (χ3v) is 4.64. The predicted molar refractivity (Wildman–Crippen MR) is 90.2 cm³/mol. The van der Waals surface area contributed by atoms with Gasteiger partial charge in [-0.15, -0.1) is 0 Å². The van der Waals surface area contributed by atoms with Gasteiger partial charge in [-0.3, -0.25) is 5.32 Å². The van der Waals surface area contributed by atoms with Crippen LogP contribution in [0.15, 0.2) is 0 Å². The molecule has 0 radical (unpaired) electrons. The second-order valence-electron chi connectivity index (χ2n) is 7.27. The highest BCUT2D eigenvalue weighted by Gasteiger charge is 2.24. The summed E-state index contributed by atoms with van der Waals surface area (Å²) in [5, 5.41) is 12.8. The van der Waals surface area contributed by atoms with Gasteiger partial charge < -0.3 is 4.90 Å². The zero-order valence-electron chi connectivity index (χ0n) is 14.6. The number of hydrogen-bond acceptors (Lipinski definition) is 3. The molecule has 0 amide bonds. The van der Waals surface area contributed by atoms with Crippen LogP contribution in [-0.2, 0) is 0 Å². The van der Waals surface area contributed by atoms with Gasteiger partial charge in [0.05, 0.1) is 6.07 Å². The van der Waals surface area contributed by atoms with Crippen molar-refractivity contribution in [3.8, 4) is 6.07 Å². The Hall–Kier alpha value is -0.590. The first kappa shape index (κ1) is 18.5. The van der Waals surface area contributed by atoms with Crippen LogP contribution in [-0.4, -0.2) is 36.1 Å². The molecule has 0 aromatic heterocycles. The standard InChI is InChI=1S/C18H35N3/c1-5-8-17-9-6-12-21(14-10-17)13-7-11-18(4,15-19)20-16(2)3/h16-17,20H,5-14H2,1-4H3. The lowest BCUT2D eigenvalue weighted by molar-refractivity contribution is 0.259. The van der Waals surface area contributed by atoms with Crippen molar-refractivity contribution in [2.75, 3.05) is 19.6 Å². The molecule has 1 fully saturated rings. The van der Waals surface area contributed by atoms with Crippen LogP contribution < -0.4 is 5.32 Å². The molecular weight excluding hydrogens is 258 g/mol. The van der Waals surface area contributed by atoms with Crippen LogP contribution in [0.2, 0.25) is 0 Å². The van der Waals surface area contributed by atoms with Crippen LogP contribution in [0.3, 0.4) is 0 Å². The Balaban J connectivity index is 2.30. The van der Waals surface area contributed by atoms with E-state index < -0.39 is 0 Å². The Morgan fingerprint density at radius 2 is 2.10 bits per heavy atom. The molecule has 0 aliphatic carbocycles. The summed E-state index contributed by atoms with van der Waals surface area (Å²) in [6.07, 6.45) is 8.91. The Morgan fingerprint density at radius 3 is 2.71 bits per heavy atom. The zero-order valence-corrected chi connectivity index (χ0v) is 14.6. The van der Waals surface area contributed by atoms with E-state index in [0.717, 1.165) is 25.3 Å². The molecule has 2 unspecified atom stereocenters. The molecule has 2 atom stereocenters. The van der Waals surface area contributed by atoms with Crippen molar-refractivity contribution in [1.29, 1.82) is 5.26 Å². The number of nitrogens with one attached hydrogen (secondary N) is 1. The fraction of sp³-hybridized carbons (Fsp3) is 0.944. The Morgan fingerprint density at radius 1 is 1.33 bits per heavy atom. The molecule has 3 nitrogen and oxygen atoms in total. The van der Waals surface area contributed by atoms with Crippen molar-refractivity contribution >= 4 is 0 Å². The fourth-order valence-corrected chi connectivity index (χ4v) is 3.60. The number of hydrogen-bond donors (Lipinski definition) is 1. The average Bonchev–Trinajstić information content (AvgIpc) is 2.64. The van der Waals surface area contributed by atoms with Gasteiger partial charge >= 0.3 is 0 Å². The van der Waals surface area contributed by atoms with Crippen molar-refractivity contribution in [1.82, 2.24) is 10.2 Å². The van der Waals surface area contributed by atoms with Gasteiger partial charge in [-0.25, -0.2) is 0 Å². The lowest BCUT2D eigenvalue weighted by Crippen LogP contribution is -2.45. The summed E-state index contributed by atoms with van der Waals surface area (Å²) in [7, 11) is 0. The SMILES string of the molecule is CCCC1CCCN(CCCC(C)(C#N)NC(C)C)CC1. The molecule has 0 aromatic rings. The van der Waals surface area contributed by atoms with Crippen molar-refractivity contribution in [2.24, 2.45) is 5.92 Å². The molecular formula is C18H35N3. The second-order valence-corrected chi connectivity index (χ2v) is 7.27. The molecule has 0 spiro atoms. The maximum absolute atomic E-state index is 9.38. The van der Waals surface area contributed by atoms with Gasteiger partial charge in [0.1, 0.15) is 5.54 Å². The van der Waals surface area contributed by atoms with Crippen LogP contribution in [0.25, 0.3) is 0 Å². The summed E-state index contributed by atoms with van der Waals surface area (Å²) in [6, 6.07) is 2.82. The highest BCUT2D eigenvalue weighted by atomic mass is 15.1. The van der Waals surface area contributed by atoms with Gasteiger partial charge in [-0.05, 0) is 78.4 Å². The average molecular weight is 293 g/mol. The Labute approximate surface area is 132 Å². The molecule has 0 aromatic carbocycles. The smallest absolute Gasteiger partial charge is 0.104 e. The molecule has 1 heterocycles. The normalized spacial score (nSPS) is 23.5. The van der Waals surface area contributed by atoms with E-state index in [1.165, 1.54) is 45.2 Å². The molecule has 3 heteroatoms. The number of nitrogens with zero attached hydrogens (tertiary/aromatic N) is 2. The number of nitriles is 1. The van der Waals surface area contributed by atoms with Crippen LogP contribution in [0.4, 0.5) is 0 Å². The van der Waals surface area contributed by atoms with Crippen molar-refractivity contribution < 1.29 is 0 Å². The van der Waals surface area contributed by atoms with Gasteiger partial charge in [0.2, 0.25) is 0 Å². The summed E-state index contributed by atoms with van der Waals surface area (Å²) in [4.78, 5) is 2.61. The van der Waals surface area contributed by atoms with Gasteiger partial charge in [0.25, 0.3) is 0 Å². The summed E-state index contributed by atoms with van der Waals surface area (Å²) in [5.41, 5.74) is -0.370. The van der Waals surface area contributed by atoms with Crippen molar-refractivity contribution in [3.63, 3.8) is 0 Å². The maximum atomic E-state index is 9.38. The predicted octanol–water partition coefficient (Wildman–Crippen LogP) is 3.95. The first-order chi connectivity index (χ1) is 9.99. The first-order valence-corrected chi connectivity index (χ1v) is 8.90. The monoisotopic (exact) mass is 293 g/mol. The molecule has 1 aliphatic heterocycles. The van der Waals surface area contributed by atoms with Gasteiger partial charge in [-0.2, -0.15) is 5.26 Å². The Bertz CT molecular complexity index is 321. The van der Waals surface area contributed by atoms with Crippen LogP contribution in [0, 0.1) is 17.2 Å². The van der Waals surface area contributed by atoms with Crippen LogP contribution >= 0.6 is 0 Å². The minimum atomic E-state index is -0.370. The minimum absolute atomic E-state index is 0.364. The first-order valence-electron chi connectivity index (χ1n) is 8.90. The molecule has 0 bridgehead atoms. The third kappa shape index (κ3) is 7.29. The summed E-state index contributed by atoms with van der Waals surface area (Å²) < 4.78 is 0. The van der Waals surface area contributed by atoms with Gasteiger partial charge in [0.15, 0.2) is 0 Å². The van der Waals surface area contributed by atoms with E-state index in [2.05, 4.69) is 37.1 Å². The van der Waals surface area contributed by atoms with Gasteiger partial charge in [0, 0.05) is 6.04 Å². The summed E-state index contributed by atoms with van der Waals surface area (Å²) in [6.45, 7) is 12.2. The number of rotatable bonds is 8. The van der Waals surface area contributed by atoms with Crippen molar-refractivity contribution in [2.45, 2.75) is 84.2 Å². The molecule has 21 heavy (non-hydrogen) atoms. The number of likely N-dealkylation sites (tertiary alicyclic amines) is 1. The lowest BCUT2D eigenvalue weighted by atomic mass is 9.96. The lowest BCUT2D eigenvalue weighted by Gasteiger charge is -2.27. The molecule has 1 rings (SSSR count). The molecule has 1 saturated heterocycles. The minimum Gasteiger partial charge on any atom is -0.303 e. The topological polar surface area (TPSA) is 39.1 Å². The van der Waals surface area contributed by atoms with E-state index in [4.69, 9.17) is 0 Å². The molecule has 1 aliphatic rings. The summed E-state index contributed by atoms with van der Waals surface area (Å²) >= 11 is 0. The molecule has 1 N–H and O–H groups in total. The van der Waals surface area contributed by atoms with E-state index in [1.54, 1.807) is 0 Å². The highest BCUT2D eigenvalue weighted by Crippen LogP contribution is 2.22. The van der Waals surface area contributed by atoms with Crippen LogP contribution in [0.1, 0.15) is 72.6 Å². The quantitative estimate of drug-likeness (QED) is 0.736. The third-order valence-electron chi connectivity index (χ3n) is 4.64. The second kappa shape index (κ2) is 9.43. The highest BCUT2D eigenvalue weighted by molar-refractivity contribution is 5.04. The van der Waals surface area contributed by atoms with E-state index in [1.807, 2.05) is 6.92 Å². The van der Waals surface area contributed by atoms with E-state index in [9.17, 15) is 5.26 Å². The molecule has 0 saturated carbocycles.